The van der Waals surface area contributed by atoms with E-state index in [4.69, 9.17) is 0 Å². The minimum absolute atomic E-state index is 0.0556. The average Bonchev–Trinajstić information content (AvgIpc) is 2.47. The van der Waals surface area contributed by atoms with Crippen LogP contribution in [0.25, 0.3) is 0 Å². The minimum atomic E-state index is -0.533. The van der Waals surface area contributed by atoms with Crippen molar-refractivity contribution in [2.24, 2.45) is 0 Å². The summed E-state index contributed by atoms with van der Waals surface area (Å²) in [6, 6.07) is 11.9. The van der Waals surface area contributed by atoms with Crippen molar-refractivity contribution in [2.45, 2.75) is 37.4 Å². The lowest BCUT2D eigenvalue weighted by molar-refractivity contribution is 0.506. The lowest BCUT2D eigenvalue weighted by atomic mass is 9.82. The van der Waals surface area contributed by atoms with Crippen molar-refractivity contribution in [3.63, 3.8) is 0 Å². The molecule has 0 fully saturated rings. The molecule has 112 valence electrons. The Bertz CT molecular complexity index is 597. The van der Waals surface area contributed by atoms with Crippen LogP contribution in [-0.2, 0) is 5.41 Å². The number of hydrogen-bond acceptors (Lipinski definition) is 0. The van der Waals surface area contributed by atoms with Gasteiger partial charge in [-0.2, -0.15) is 0 Å². The van der Waals surface area contributed by atoms with E-state index in [1.165, 1.54) is 23.8 Å². The van der Waals surface area contributed by atoms with Crippen LogP contribution in [0.2, 0.25) is 0 Å². The second-order valence-corrected chi connectivity index (χ2v) is 6.77. The Balaban J connectivity index is 2.35. The molecule has 0 saturated carbocycles. The van der Waals surface area contributed by atoms with E-state index in [2.05, 4.69) is 36.7 Å². The summed E-state index contributed by atoms with van der Waals surface area (Å²) in [5, 5.41) is 0. The van der Waals surface area contributed by atoms with Gasteiger partial charge in [-0.05, 0) is 35.1 Å². The predicted molar refractivity (Wildman–Crippen MR) is 86.9 cm³/mol. The molecule has 0 aliphatic heterocycles. The van der Waals surface area contributed by atoms with Crippen LogP contribution >= 0.6 is 15.9 Å². The second kappa shape index (κ2) is 6.27. The fourth-order valence-corrected chi connectivity index (χ4v) is 2.97. The molecule has 0 nitrogen and oxygen atoms in total. The second-order valence-electron chi connectivity index (χ2n) is 5.86. The molecule has 3 heteroatoms. The highest BCUT2D eigenvalue weighted by Crippen LogP contribution is 2.35. The van der Waals surface area contributed by atoms with Crippen molar-refractivity contribution in [3.05, 3.63) is 70.8 Å². The van der Waals surface area contributed by atoms with Gasteiger partial charge < -0.3 is 0 Å². The molecule has 2 aromatic rings. The molecule has 0 aromatic heterocycles. The average molecular weight is 353 g/mol. The van der Waals surface area contributed by atoms with Crippen LogP contribution in [0.15, 0.2) is 42.5 Å². The van der Waals surface area contributed by atoms with Gasteiger partial charge >= 0.3 is 0 Å². The zero-order valence-corrected chi connectivity index (χ0v) is 14.0. The molecular formula is C18H19BrF2. The quantitative estimate of drug-likeness (QED) is 0.580. The summed E-state index contributed by atoms with van der Waals surface area (Å²) in [4.78, 5) is -0.488. The van der Waals surface area contributed by atoms with Crippen LogP contribution in [0.1, 0.15) is 48.7 Å². The van der Waals surface area contributed by atoms with E-state index in [0.29, 0.717) is 0 Å². The summed E-state index contributed by atoms with van der Waals surface area (Å²) >= 11 is 3.41. The Labute approximate surface area is 133 Å². The molecule has 0 heterocycles. The first-order valence-corrected chi connectivity index (χ1v) is 7.97. The highest BCUT2D eigenvalue weighted by molar-refractivity contribution is 9.09. The van der Waals surface area contributed by atoms with Crippen LogP contribution in [0, 0.1) is 11.6 Å². The molecule has 0 spiro atoms. The summed E-state index contributed by atoms with van der Waals surface area (Å²) in [5.41, 5.74) is 2.22. The summed E-state index contributed by atoms with van der Waals surface area (Å²) in [5.74, 6) is -1.07. The van der Waals surface area contributed by atoms with Gasteiger partial charge in [0.15, 0.2) is 0 Å². The zero-order valence-electron chi connectivity index (χ0n) is 12.5. The maximum Gasteiger partial charge on any atom is 0.130 e. The molecular weight excluding hydrogens is 334 g/mol. The van der Waals surface area contributed by atoms with Gasteiger partial charge in [0.2, 0.25) is 0 Å². The molecule has 1 atom stereocenters. The molecule has 0 aliphatic carbocycles. The Morgan fingerprint density at radius 2 is 1.52 bits per heavy atom. The van der Waals surface area contributed by atoms with E-state index in [9.17, 15) is 8.78 Å². The van der Waals surface area contributed by atoms with Crippen LogP contribution in [0.5, 0.6) is 0 Å². The van der Waals surface area contributed by atoms with Gasteiger partial charge in [0.1, 0.15) is 11.6 Å². The molecule has 2 rings (SSSR count). The fourth-order valence-electron chi connectivity index (χ4n) is 2.23. The van der Waals surface area contributed by atoms with E-state index in [1.807, 2.05) is 24.3 Å². The number of rotatable bonds is 4. The van der Waals surface area contributed by atoms with E-state index in [1.54, 1.807) is 0 Å². The van der Waals surface area contributed by atoms with Crippen LogP contribution in [-0.4, -0.2) is 0 Å². The molecule has 1 unspecified atom stereocenters. The van der Waals surface area contributed by atoms with Crippen LogP contribution in [0.4, 0.5) is 8.78 Å². The third-order valence-electron chi connectivity index (χ3n) is 4.12. The van der Waals surface area contributed by atoms with E-state index < -0.39 is 16.5 Å². The van der Waals surface area contributed by atoms with Crippen molar-refractivity contribution in [3.8, 4) is 0 Å². The van der Waals surface area contributed by atoms with Gasteiger partial charge in [-0.25, -0.2) is 8.78 Å². The van der Waals surface area contributed by atoms with E-state index in [0.717, 1.165) is 12.0 Å². The molecule has 0 saturated heterocycles. The number of hydrogen-bond donors (Lipinski definition) is 0. The summed E-state index contributed by atoms with van der Waals surface area (Å²) < 4.78 is 27.7. The molecule has 0 radical (unpaired) electrons. The SMILES string of the molecule is CCC(C)(C)c1ccc(C(Br)c2c(F)cccc2F)cc1. The summed E-state index contributed by atoms with van der Waals surface area (Å²) in [6.07, 6.45) is 1.03. The van der Waals surface area contributed by atoms with E-state index >= 15 is 0 Å². The first kappa shape index (κ1) is 16.2. The van der Waals surface area contributed by atoms with Crippen molar-refractivity contribution in [1.82, 2.24) is 0 Å². The number of halogens is 3. The van der Waals surface area contributed by atoms with Crippen LogP contribution in [0.3, 0.4) is 0 Å². The Kier molecular flexibility index (Phi) is 4.82. The first-order valence-electron chi connectivity index (χ1n) is 7.05. The Morgan fingerprint density at radius 1 is 1.00 bits per heavy atom. The van der Waals surface area contributed by atoms with Gasteiger partial charge in [0, 0.05) is 5.56 Å². The number of benzene rings is 2. The topological polar surface area (TPSA) is 0 Å². The zero-order chi connectivity index (χ0) is 15.6. The fraction of sp³-hybridized carbons (Fsp3) is 0.333. The molecule has 2 aromatic carbocycles. The maximum absolute atomic E-state index is 13.8. The third kappa shape index (κ3) is 3.34. The molecule has 0 aliphatic rings. The lowest BCUT2D eigenvalue weighted by Crippen LogP contribution is -2.15. The minimum Gasteiger partial charge on any atom is -0.207 e. The van der Waals surface area contributed by atoms with Crippen LogP contribution < -0.4 is 0 Å². The van der Waals surface area contributed by atoms with Gasteiger partial charge in [0.25, 0.3) is 0 Å². The van der Waals surface area contributed by atoms with Gasteiger partial charge in [-0.1, -0.05) is 67.0 Å². The Morgan fingerprint density at radius 3 is 2.00 bits per heavy atom. The predicted octanol–water partition coefficient (Wildman–Crippen LogP) is 6.14. The Hall–Kier alpha value is -1.22. The monoisotopic (exact) mass is 352 g/mol. The molecule has 0 amide bonds. The first-order chi connectivity index (χ1) is 9.86. The summed E-state index contributed by atoms with van der Waals surface area (Å²) in [7, 11) is 0. The normalized spacial score (nSPS) is 13.2. The van der Waals surface area contributed by atoms with Crippen molar-refractivity contribution in [2.75, 3.05) is 0 Å². The summed E-state index contributed by atoms with van der Waals surface area (Å²) in [6.45, 7) is 6.52. The maximum atomic E-state index is 13.8. The lowest BCUT2D eigenvalue weighted by Gasteiger charge is -2.24. The molecule has 0 bridgehead atoms. The smallest absolute Gasteiger partial charge is 0.130 e. The van der Waals surface area contributed by atoms with Crippen molar-refractivity contribution in [1.29, 1.82) is 0 Å². The van der Waals surface area contributed by atoms with Crippen molar-refractivity contribution >= 4 is 15.9 Å². The largest absolute Gasteiger partial charge is 0.207 e. The highest BCUT2D eigenvalue weighted by atomic mass is 79.9. The standard InChI is InChI=1S/C18H19BrF2/c1-4-18(2,3)13-10-8-12(9-11-13)17(19)16-14(20)6-5-7-15(16)21/h5-11,17H,4H2,1-3H3. The van der Waals surface area contributed by atoms with Gasteiger partial charge in [-0.15, -0.1) is 0 Å². The highest BCUT2D eigenvalue weighted by Gasteiger charge is 2.21. The third-order valence-corrected chi connectivity index (χ3v) is 5.11. The number of alkyl halides is 1. The van der Waals surface area contributed by atoms with E-state index in [-0.39, 0.29) is 11.0 Å². The molecule has 21 heavy (non-hydrogen) atoms. The van der Waals surface area contributed by atoms with Crippen molar-refractivity contribution < 1.29 is 8.78 Å². The van der Waals surface area contributed by atoms with Gasteiger partial charge in [-0.3, -0.25) is 0 Å². The van der Waals surface area contributed by atoms with Gasteiger partial charge in [0.05, 0.1) is 4.83 Å². The molecule has 0 N–H and O–H groups in total.